The lowest BCUT2D eigenvalue weighted by Crippen LogP contribution is -2.48. The van der Waals surface area contributed by atoms with Crippen LogP contribution in [0.15, 0.2) is 12.4 Å². The maximum atomic E-state index is 5.88. The highest BCUT2D eigenvalue weighted by molar-refractivity contribution is 5.85. The molecular formula is C12H23ClN4. The number of aryl methyl sites for hydroxylation is 1. The Morgan fingerprint density at radius 3 is 2.88 bits per heavy atom. The van der Waals surface area contributed by atoms with Crippen LogP contribution < -0.4 is 5.73 Å². The van der Waals surface area contributed by atoms with Gasteiger partial charge in [-0.25, -0.2) is 4.98 Å². The number of nitrogens with two attached hydrogens (primary N) is 1. The van der Waals surface area contributed by atoms with E-state index in [9.17, 15) is 0 Å². The van der Waals surface area contributed by atoms with Crippen LogP contribution >= 0.6 is 12.4 Å². The molecule has 0 bridgehead atoms. The van der Waals surface area contributed by atoms with Crippen molar-refractivity contribution in [1.82, 2.24) is 14.5 Å². The lowest BCUT2D eigenvalue weighted by atomic mass is 9.91. The minimum absolute atomic E-state index is 0. The average Bonchev–Trinajstić information content (AvgIpc) is 2.65. The van der Waals surface area contributed by atoms with Gasteiger partial charge in [-0.05, 0) is 25.3 Å². The summed E-state index contributed by atoms with van der Waals surface area (Å²) in [7, 11) is 2.05. The molecular weight excluding hydrogens is 236 g/mol. The predicted octanol–water partition coefficient (Wildman–Crippen LogP) is 1.40. The van der Waals surface area contributed by atoms with Crippen LogP contribution in [0, 0.1) is 5.92 Å². The number of imidazole rings is 1. The average molecular weight is 259 g/mol. The van der Waals surface area contributed by atoms with Gasteiger partial charge in [0, 0.05) is 32.0 Å². The molecule has 2 atom stereocenters. The van der Waals surface area contributed by atoms with E-state index in [2.05, 4.69) is 21.4 Å². The van der Waals surface area contributed by atoms with Gasteiger partial charge in [0.15, 0.2) is 0 Å². The van der Waals surface area contributed by atoms with Gasteiger partial charge in [-0.3, -0.25) is 4.90 Å². The predicted molar refractivity (Wildman–Crippen MR) is 72.1 cm³/mol. The molecule has 0 spiro atoms. The van der Waals surface area contributed by atoms with Crippen molar-refractivity contribution in [2.75, 3.05) is 13.1 Å². The van der Waals surface area contributed by atoms with E-state index in [1.165, 1.54) is 12.8 Å². The van der Waals surface area contributed by atoms with Crippen molar-refractivity contribution in [3.8, 4) is 0 Å². The molecule has 0 aromatic carbocycles. The number of piperidine rings is 1. The molecule has 2 unspecified atom stereocenters. The zero-order valence-electron chi connectivity index (χ0n) is 10.7. The summed E-state index contributed by atoms with van der Waals surface area (Å²) < 4.78 is 2.09. The first-order valence-corrected chi connectivity index (χ1v) is 6.12. The second kappa shape index (κ2) is 6.38. The maximum Gasteiger partial charge on any atom is 0.122 e. The third-order valence-electron chi connectivity index (χ3n) is 3.74. The van der Waals surface area contributed by atoms with Crippen molar-refractivity contribution >= 4 is 12.4 Å². The molecule has 1 aliphatic rings. The summed E-state index contributed by atoms with van der Waals surface area (Å²) in [5.41, 5.74) is 5.88. The van der Waals surface area contributed by atoms with Gasteiger partial charge in [-0.15, -0.1) is 12.4 Å². The van der Waals surface area contributed by atoms with Gasteiger partial charge in [0.1, 0.15) is 5.82 Å². The monoisotopic (exact) mass is 258 g/mol. The number of hydrogen-bond donors (Lipinski definition) is 1. The minimum Gasteiger partial charge on any atom is -0.337 e. The molecule has 1 aromatic heterocycles. The molecule has 5 heteroatoms. The Morgan fingerprint density at radius 1 is 1.53 bits per heavy atom. The highest BCUT2D eigenvalue weighted by Crippen LogP contribution is 2.23. The van der Waals surface area contributed by atoms with E-state index in [0.29, 0.717) is 12.0 Å². The molecule has 1 aliphatic heterocycles. The van der Waals surface area contributed by atoms with E-state index in [-0.39, 0.29) is 12.4 Å². The van der Waals surface area contributed by atoms with E-state index in [0.717, 1.165) is 25.5 Å². The van der Waals surface area contributed by atoms with Gasteiger partial charge in [-0.1, -0.05) is 6.92 Å². The lowest BCUT2D eigenvalue weighted by molar-refractivity contribution is 0.0955. The van der Waals surface area contributed by atoms with Crippen LogP contribution in [0.5, 0.6) is 0 Å². The number of hydrogen-bond acceptors (Lipinski definition) is 3. The van der Waals surface area contributed by atoms with E-state index >= 15 is 0 Å². The smallest absolute Gasteiger partial charge is 0.122 e. The topological polar surface area (TPSA) is 47.1 Å². The van der Waals surface area contributed by atoms with E-state index in [1.807, 2.05) is 19.4 Å². The van der Waals surface area contributed by atoms with Gasteiger partial charge in [0.05, 0.1) is 6.54 Å². The lowest BCUT2D eigenvalue weighted by Gasteiger charge is -2.39. The zero-order valence-corrected chi connectivity index (χ0v) is 11.5. The fraction of sp³-hybridized carbons (Fsp3) is 0.750. The minimum atomic E-state index is 0. The highest BCUT2D eigenvalue weighted by atomic mass is 35.5. The third-order valence-corrected chi connectivity index (χ3v) is 3.74. The summed E-state index contributed by atoms with van der Waals surface area (Å²) in [5.74, 6) is 1.84. The van der Waals surface area contributed by atoms with Gasteiger partial charge in [-0.2, -0.15) is 0 Å². The van der Waals surface area contributed by atoms with E-state index < -0.39 is 0 Å². The summed E-state index contributed by atoms with van der Waals surface area (Å²) in [6.45, 7) is 5.14. The van der Waals surface area contributed by atoms with Crippen LogP contribution in [0.25, 0.3) is 0 Å². The van der Waals surface area contributed by atoms with Crippen molar-refractivity contribution in [3.63, 3.8) is 0 Å². The first-order valence-electron chi connectivity index (χ1n) is 6.12. The molecule has 1 fully saturated rings. The van der Waals surface area contributed by atoms with Crippen molar-refractivity contribution < 1.29 is 0 Å². The van der Waals surface area contributed by atoms with Crippen molar-refractivity contribution in [1.29, 1.82) is 0 Å². The van der Waals surface area contributed by atoms with Crippen molar-refractivity contribution in [2.45, 2.75) is 32.4 Å². The highest BCUT2D eigenvalue weighted by Gasteiger charge is 2.27. The van der Waals surface area contributed by atoms with Gasteiger partial charge >= 0.3 is 0 Å². The molecule has 98 valence electrons. The Balaban J connectivity index is 0.00000144. The normalized spacial score (nSPS) is 25.6. The summed E-state index contributed by atoms with van der Waals surface area (Å²) in [4.78, 5) is 6.87. The number of aromatic nitrogens is 2. The van der Waals surface area contributed by atoms with Crippen molar-refractivity contribution in [2.24, 2.45) is 18.7 Å². The molecule has 2 heterocycles. The van der Waals surface area contributed by atoms with Crippen LogP contribution in [0.1, 0.15) is 25.6 Å². The molecule has 2 N–H and O–H groups in total. The molecule has 0 aliphatic carbocycles. The molecule has 1 saturated heterocycles. The second-order valence-corrected chi connectivity index (χ2v) is 4.85. The van der Waals surface area contributed by atoms with Crippen LogP contribution in [0.2, 0.25) is 0 Å². The van der Waals surface area contributed by atoms with Crippen LogP contribution in [-0.2, 0) is 13.6 Å². The Morgan fingerprint density at radius 2 is 2.29 bits per heavy atom. The van der Waals surface area contributed by atoms with Crippen molar-refractivity contribution in [3.05, 3.63) is 18.2 Å². The first kappa shape index (κ1) is 14.5. The SMILES string of the molecule is CC1CCCN(Cc2nccn2C)C1CN.Cl. The Bertz CT molecular complexity index is 339. The second-order valence-electron chi connectivity index (χ2n) is 4.85. The number of nitrogens with zero attached hydrogens (tertiary/aromatic N) is 3. The molecule has 0 saturated carbocycles. The molecule has 0 amide bonds. The molecule has 4 nitrogen and oxygen atoms in total. The quantitative estimate of drug-likeness (QED) is 0.892. The van der Waals surface area contributed by atoms with Gasteiger partial charge < -0.3 is 10.3 Å². The third kappa shape index (κ3) is 3.21. The summed E-state index contributed by atoms with van der Waals surface area (Å²) in [5, 5.41) is 0. The number of rotatable bonds is 3. The Labute approximate surface area is 110 Å². The number of likely N-dealkylation sites (tertiary alicyclic amines) is 1. The maximum absolute atomic E-state index is 5.88. The van der Waals surface area contributed by atoms with Gasteiger partial charge in [0.25, 0.3) is 0 Å². The summed E-state index contributed by atoms with van der Waals surface area (Å²) in [6.07, 6.45) is 6.45. The fourth-order valence-electron chi connectivity index (χ4n) is 2.64. The van der Waals surface area contributed by atoms with E-state index in [4.69, 9.17) is 5.73 Å². The zero-order chi connectivity index (χ0) is 11.5. The Hall–Kier alpha value is -0.580. The molecule has 1 aromatic rings. The Kier molecular flexibility index (Phi) is 5.43. The fourth-order valence-corrected chi connectivity index (χ4v) is 2.64. The molecule has 17 heavy (non-hydrogen) atoms. The molecule has 2 rings (SSSR count). The van der Waals surface area contributed by atoms with Crippen LogP contribution in [0.3, 0.4) is 0 Å². The number of halogens is 1. The van der Waals surface area contributed by atoms with Crippen LogP contribution in [0.4, 0.5) is 0 Å². The van der Waals surface area contributed by atoms with Crippen LogP contribution in [-0.4, -0.2) is 33.6 Å². The largest absolute Gasteiger partial charge is 0.337 e. The molecule has 0 radical (unpaired) electrons. The van der Waals surface area contributed by atoms with Gasteiger partial charge in [0.2, 0.25) is 0 Å². The standard InChI is InChI=1S/C12H22N4.ClH/c1-10-4-3-6-16(11(10)8-13)9-12-14-5-7-15(12)2;/h5,7,10-11H,3-4,6,8-9,13H2,1-2H3;1H. The summed E-state index contributed by atoms with van der Waals surface area (Å²) >= 11 is 0. The van der Waals surface area contributed by atoms with E-state index in [1.54, 1.807) is 0 Å². The summed E-state index contributed by atoms with van der Waals surface area (Å²) in [6, 6.07) is 0.519. The first-order chi connectivity index (χ1) is 7.72.